The average molecular weight is 424 g/mol. The Morgan fingerprint density at radius 1 is 0.677 bits per heavy atom. The summed E-state index contributed by atoms with van der Waals surface area (Å²) in [7, 11) is 0. The SMILES string of the molecule is CCOC(=O)c1ccccc1C=P(c1ccccc1)(c1ccccc1)c1ccccc1. The first-order valence-corrected chi connectivity index (χ1v) is 12.3. The summed E-state index contributed by atoms with van der Waals surface area (Å²) in [5, 5.41) is 3.73. The number of carbonyl (C=O) groups excluding carboxylic acids is 1. The molecule has 31 heavy (non-hydrogen) atoms. The minimum atomic E-state index is -2.19. The highest BCUT2D eigenvalue weighted by Gasteiger charge is 2.26. The fraction of sp³-hybridized carbons (Fsp3) is 0.0714. The summed E-state index contributed by atoms with van der Waals surface area (Å²) >= 11 is 0. The Bertz CT molecular complexity index is 1100. The molecule has 0 unspecified atom stereocenters. The molecule has 0 aliphatic carbocycles. The zero-order valence-electron chi connectivity index (χ0n) is 17.5. The standard InChI is InChI=1S/C28H25O2P/c1-2-30-28(29)27-21-13-12-14-23(27)22-31(24-15-6-3-7-16-24,25-17-8-4-9-18-25)26-19-10-5-11-20-26/h3-22H,2H2,1H3. The molecule has 4 aromatic carbocycles. The molecule has 0 N–H and O–H groups in total. The predicted octanol–water partition coefficient (Wildman–Crippen LogP) is 5.01. The van der Waals surface area contributed by atoms with Crippen LogP contribution in [0.4, 0.5) is 0 Å². The maximum absolute atomic E-state index is 12.7. The Balaban J connectivity index is 2.11. The molecule has 0 fully saturated rings. The quantitative estimate of drug-likeness (QED) is 0.321. The highest BCUT2D eigenvalue weighted by atomic mass is 31.2. The second-order valence-corrected chi connectivity index (χ2v) is 10.4. The van der Waals surface area contributed by atoms with E-state index in [1.54, 1.807) is 0 Å². The van der Waals surface area contributed by atoms with E-state index in [9.17, 15) is 4.79 Å². The number of hydrogen-bond donors (Lipinski definition) is 0. The monoisotopic (exact) mass is 424 g/mol. The van der Waals surface area contributed by atoms with Gasteiger partial charge in [0.05, 0.1) is 12.2 Å². The van der Waals surface area contributed by atoms with Gasteiger partial charge in [-0.15, -0.1) is 0 Å². The van der Waals surface area contributed by atoms with Crippen molar-refractivity contribution >= 4 is 34.6 Å². The number of esters is 1. The van der Waals surface area contributed by atoms with Crippen molar-refractivity contribution in [2.45, 2.75) is 6.92 Å². The van der Waals surface area contributed by atoms with Crippen LogP contribution < -0.4 is 15.9 Å². The maximum atomic E-state index is 12.7. The van der Waals surface area contributed by atoms with Gasteiger partial charge in [-0.1, -0.05) is 109 Å². The summed E-state index contributed by atoms with van der Waals surface area (Å²) in [6.45, 7) is -0.0100. The molecule has 0 radical (unpaired) electrons. The fourth-order valence-electron chi connectivity index (χ4n) is 3.87. The van der Waals surface area contributed by atoms with Gasteiger partial charge in [0.15, 0.2) is 0 Å². The summed E-state index contributed by atoms with van der Waals surface area (Å²) in [4.78, 5) is 12.7. The normalized spacial score (nSPS) is 11.0. The van der Waals surface area contributed by atoms with Gasteiger partial charge in [-0.3, -0.25) is 0 Å². The fourth-order valence-corrected chi connectivity index (χ4v) is 7.78. The van der Waals surface area contributed by atoms with Crippen LogP contribution in [-0.2, 0) is 4.74 Å². The lowest BCUT2D eigenvalue weighted by atomic mass is 10.1. The molecular weight excluding hydrogens is 399 g/mol. The maximum Gasteiger partial charge on any atom is 0.338 e. The second kappa shape index (κ2) is 9.64. The molecule has 2 nitrogen and oxygen atoms in total. The molecule has 0 saturated heterocycles. The zero-order valence-corrected chi connectivity index (χ0v) is 18.4. The second-order valence-electron chi connectivity index (χ2n) is 7.17. The van der Waals surface area contributed by atoms with Crippen molar-refractivity contribution in [3.05, 3.63) is 126 Å². The van der Waals surface area contributed by atoms with E-state index in [0.717, 1.165) is 5.56 Å². The smallest absolute Gasteiger partial charge is 0.338 e. The lowest BCUT2D eigenvalue weighted by Gasteiger charge is -2.29. The molecule has 0 aliphatic heterocycles. The van der Waals surface area contributed by atoms with Gasteiger partial charge < -0.3 is 4.74 Å². The first kappa shape index (κ1) is 20.9. The molecule has 0 bridgehead atoms. The van der Waals surface area contributed by atoms with Crippen LogP contribution in [0.3, 0.4) is 0 Å². The third-order valence-electron chi connectivity index (χ3n) is 5.28. The lowest BCUT2D eigenvalue weighted by Crippen LogP contribution is -2.27. The molecule has 0 saturated carbocycles. The van der Waals surface area contributed by atoms with Crippen LogP contribution in [0, 0.1) is 0 Å². The van der Waals surface area contributed by atoms with Crippen molar-refractivity contribution < 1.29 is 9.53 Å². The first-order chi connectivity index (χ1) is 15.3. The van der Waals surface area contributed by atoms with E-state index in [1.807, 2.05) is 49.4 Å². The number of benzene rings is 4. The number of carbonyl (C=O) groups is 1. The van der Waals surface area contributed by atoms with E-state index in [-0.39, 0.29) is 5.97 Å². The molecule has 0 aliphatic rings. The van der Waals surface area contributed by atoms with Crippen molar-refractivity contribution in [2.24, 2.45) is 0 Å². The van der Waals surface area contributed by atoms with Crippen molar-refractivity contribution in [1.29, 1.82) is 0 Å². The van der Waals surface area contributed by atoms with Crippen molar-refractivity contribution in [1.82, 2.24) is 0 Å². The predicted molar refractivity (Wildman–Crippen MR) is 133 cm³/mol. The van der Waals surface area contributed by atoms with E-state index in [1.165, 1.54) is 15.9 Å². The van der Waals surface area contributed by atoms with E-state index in [4.69, 9.17) is 4.74 Å². The molecule has 154 valence electrons. The van der Waals surface area contributed by atoms with Crippen molar-refractivity contribution in [3.8, 4) is 0 Å². The first-order valence-electron chi connectivity index (χ1n) is 10.4. The third kappa shape index (κ3) is 4.26. The highest BCUT2D eigenvalue weighted by molar-refractivity contribution is 7.94. The third-order valence-corrected chi connectivity index (χ3v) is 9.28. The zero-order chi connectivity index (χ0) is 21.5. The van der Waals surface area contributed by atoms with Crippen LogP contribution in [-0.4, -0.2) is 18.4 Å². The molecule has 4 aromatic rings. The van der Waals surface area contributed by atoms with Gasteiger partial charge in [-0.25, -0.2) is 4.79 Å². The molecule has 4 rings (SSSR count). The summed E-state index contributed by atoms with van der Waals surface area (Å²) in [5.74, 6) is 2.01. The van der Waals surface area contributed by atoms with E-state index in [2.05, 4.69) is 78.6 Å². The number of ether oxygens (including phenoxy) is 1. The molecule has 0 atom stereocenters. The summed E-state index contributed by atoms with van der Waals surface area (Å²) in [6.07, 6.45) is 0. The van der Waals surface area contributed by atoms with Gasteiger partial charge in [0.2, 0.25) is 0 Å². The summed E-state index contributed by atoms with van der Waals surface area (Å²) in [6, 6.07) is 39.5. The van der Waals surface area contributed by atoms with E-state index >= 15 is 0 Å². The molecule has 0 aromatic heterocycles. The summed E-state index contributed by atoms with van der Waals surface area (Å²) < 4.78 is 5.35. The minimum Gasteiger partial charge on any atom is -0.462 e. The van der Waals surface area contributed by atoms with Gasteiger partial charge >= 0.3 is 5.97 Å². The molecule has 0 heterocycles. The molecule has 0 amide bonds. The van der Waals surface area contributed by atoms with Crippen LogP contribution in [0.15, 0.2) is 115 Å². The van der Waals surface area contributed by atoms with Crippen LogP contribution in [0.1, 0.15) is 22.8 Å². The largest absolute Gasteiger partial charge is 0.462 e. The van der Waals surface area contributed by atoms with Gasteiger partial charge in [-0.2, -0.15) is 0 Å². The van der Waals surface area contributed by atoms with E-state index in [0.29, 0.717) is 12.2 Å². The van der Waals surface area contributed by atoms with Gasteiger partial charge in [0.25, 0.3) is 0 Å². The average Bonchev–Trinajstić information content (AvgIpc) is 2.84. The van der Waals surface area contributed by atoms with Crippen LogP contribution in [0.2, 0.25) is 0 Å². The van der Waals surface area contributed by atoms with Crippen LogP contribution in [0.25, 0.3) is 0 Å². The highest BCUT2D eigenvalue weighted by Crippen LogP contribution is 2.44. The van der Waals surface area contributed by atoms with E-state index < -0.39 is 6.89 Å². The van der Waals surface area contributed by atoms with Gasteiger partial charge in [0.1, 0.15) is 0 Å². The lowest BCUT2D eigenvalue weighted by molar-refractivity contribution is 0.0526. The number of hydrogen-bond acceptors (Lipinski definition) is 2. The summed E-state index contributed by atoms with van der Waals surface area (Å²) in [5.41, 5.74) is 1.49. The van der Waals surface area contributed by atoms with Crippen LogP contribution >= 0.6 is 6.89 Å². The Labute approximate surface area is 184 Å². The Kier molecular flexibility index (Phi) is 6.50. The molecule has 3 heteroatoms. The number of rotatable bonds is 6. The van der Waals surface area contributed by atoms with Crippen LogP contribution in [0.5, 0.6) is 0 Å². The Morgan fingerprint density at radius 3 is 1.55 bits per heavy atom. The Morgan fingerprint density at radius 2 is 1.10 bits per heavy atom. The van der Waals surface area contributed by atoms with Gasteiger partial charge in [-0.05, 0) is 47.1 Å². The molecule has 0 spiro atoms. The van der Waals surface area contributed by atoms with Crippen molar-refractivity contribution in [3.63, 3.8) is 0 Å². The van der Waals surface area contributed by atoms with Crippen molar-refractivity contribution in [2.75, 3.05) is 6.61 Å². The van der Waals surface area contributed by atoms with Gasteiger partial charge in [0, 0.05) is 0 Å². The topological polar surface area (TPSA) is 26.3 Å². The minimum absolute atomic E-state index is 0.290. The Hall–Kier alpha value is -3.35. The molecular formula is C28H25O2P.